The molecule has 1 fully saturated rings. The lowest BCUT2D eigenvalue weighted by Gasteiger charge is -2.39. The van der Waals surface area contributed by atoms with Gasteiger partial charge in [-0.1, -0.05) is 44.2 Å². The van der Waals surface area contributed by atoms with Crippen molar-refractivity contribution in [1.82, 2.24) is 9.88 Å². The molecule has 1 saturated heterocycles. The molecule has 0 radical (unpaired) electrons. The van der Waals surface area contributed by atoms with Crippen molar-refractivity contribution in [1.29, 1.82) is 0 Å². The lowest BCUT2D eigenvalue weighted by Crippen LogP contribution is -2.45. The van der Waals surface area contributed by atoms with Gasteiger partial charge < -0.3 is 9.88 Å². The Labute approximate surface area is 132 Å². The Bertz CT molecular complexity index is 688. The molecule has 1 unspecified atom stereocenters. The summed E-state index contributed by atoms with van der Waals surface area (Å²) in [6, 6.07) is 13.9. The van der Waals surface area contributed by atoms with Gasteiger partial charge in [-0.05, 0) is 41.5 Å². The van der Waals surface area contributed by atoms with Gasteiger partial charge in [-0.15, -0.1) is 0 Å². The minimum absolute atomic E-state index is 0.0932. The second kappa shape index (κ2) is 6.09. The monoisotopic (exact) mass is 296 g/mol. The van der Waals surface area contributed by atoms with Crippen LogP contribution < -0.4 is 10.9 Å². The average Bonchev–Trinajstić information content (AvgIpc) is 2.52. The van der Waals surface area contributed by atoms with Crippen LogP contribution in [0.2, 0.25) is 0 Å². The molecule has 0 amide bonds. The minimum atomic E-state index is 0.0932. The fourth-order valence-corrected chi connectivity index (χ4v) is 3.27. The van der Waals surface area contributed by atoms with Crippen molar-refractivity contribution >= 4 is 0 Å². The standard InChI is InChI=1S/C19H24N2O/c1-19(2)14-20-10-8-17(19)13-21-11-9-16(12-18(21)22)15-6-4-3-5-7-15/h3-7,9,11-12,17,20H,8,10,13-14H2,1-2H3. The smallest absolute Gasteiger partial charge is 0.251 e. The van der Waals surface area contributed by atoms with Crippen molar-refractivity contribution in [3.63, 3.8) is 0 Å². The van der Waals surface area contributed by atoms with E-state index in [1.807, 2.05) is 47.2 Å². The van der Waals surface area contributed by atoms with Crippen LogP contribution in [0.4, 0.5) is 0 Å². The summed E-state index contributed by atoms with van der Waals surface area (Å²) in [6.07, 6.45) is 3.07. The van der Waals surface area contributed by atoms with Gasteiger partial charge >= 0.3 is 0 Å². The Morgan fingerprint density at radius 2 is 1.95 bits per heavy atom. The lowest BCUT2D eigenvalue weighted by atomic mass is 9.74. The predicted octanol–water partition coefficient (Wildman–Crippen LogP) is 3.15. The molecule has 0 spiro atoms. The molecule has 1 aromatic carbocycles. The molecule has 1 aromatic heterocycles. The van der Waals surface area contributed by atoms with Gasteiger partial charge in [0.25, 0.3) is 5.56 Å². The molecule has 116 valence electrons. The molecular formula is C19H24N2O. The van der Waals surface area contributed by atoms with E-state index in [1.54, 1.807) is 6.07 Å². The van der Waals surface area contributed by atoms with Gasteiger partial charge in [-0.2, -0.15) is 0 Å². The molecule has 1 atom stereocenters. The van der Waals surface area contributed by atoms with E-state index >= 15 is 0 Å². The quantitative estimate of drug-likeness (QED) is 0.944. The summed E-state index contributed by atoms with van der Waals surface area (Å²) in [5.74, 6) is 0.536. The number of aromatic nitrogens is 1. The van der Waals surface area contributed by atoms with Crippen LogP contribution in [0, 0.1) is 11.3 Å². The van der Waals surface area contributed by atoms with Crippen molar-refractivity contribution in [2.75, 3.05) is 13.1 Å². The topological polar surface area (TPSA) is 34.0 Å². The fraction of sp³-hybridized carbons (Fsp3) is 0.421. The molecule has 3 nitrogen and oxygen atoms in total. The Balaban J connectivity index is 1.83. The van der Waals surface area contributed by atoms with Crippen molar-refractivity contribution < 1.29 is 0 Å². The summed E-state index contributed by atoms with van der Waals surface area (Å²) in [5.41, 5.74) is 2.41. The third kappa shape index (κ3) is 3.14. The van der Waals surface area contributed by atoms with Gasteiger partial charge in [0, 0.05) is 25.4 Å². The van der Waals surface area contributed by atoms with Crippen LogP contribution in [-0.2, 0) is 6.54 Å². The van der Waals surface area contributed by atoms with E-state index in [-0.39, 0.29) is 11.0 Å². The first-order valence-corrected chi connectivity index (χ1v) is 8.03. The van der Waals surface area contributed by atoms with Gasteiger partial charge in [0.2, 0.25) is 0 Å². The van der Waals surface area contributed by atoms with E-state index in [4.69, 9.17) is 0 Å². The number of benzene rings is 1. The van der Waals surface area contributed by atoms with Crippen molar-refractivity contribution in [2.45, 2.75) is 26.8 Å². The van der Waals surface area contributed by atoms with E-state index in [0.717, 1.165) is 37.2 Å². The highest BCUT2D eigenvalue weighted by atomic mass is 16.1. The summed E-state index contributed by atoms with van der Waals surface area (Å²) in [5, 5.41) is 3.45. The molecule has 0 bridgehead atoms. The third-order valence-corrected chi connectivity index (χ3v) is 4.88. The maximum atomic E-state index is 12.4. The number of piperidine rings is 1. The maximum Gasteiger partial charge on any atom is 0.251 e. The van der Waals surface area contributed by atoms with Crippen LogP contribution in [0.1, 0.15) is 20.3 Å². The zero-order chi connectivity index (χ0) is 15.6. The first-order chi connectivity index (χ1) is 10.6. The van der Waals surface area contributed by atoms with E-state index in [0.29, 0.717) is 5.92 Å². The number of hydrogen-bond donors (Lipinski definition) is 1. The average molecular weight is 296 g/mol. The molecule has 22 heavy (non-hydrogen) atoms. The molecule has 2 aromatic rings. The summed E-state index contributed by atoms with van der Waals surface area (Å²) < 4.78 is 1.87. The third-order valence-electron chi connectivity index (χ3n) is 4.88. The van der Waals surface area contributed by atoms with Crippen LogP contribution >= 0.6 is 0 Å². The van der Waals surface area contributed by atoms with Crippen molar-refractivity contribution in [3.8, 4) is 11.1 Å². The fourth-order valence-electron chi connectivity index (χ4n) is 3.27. The molecule has 1 aliphatic heterocycles. The highest BCUT2D eigenvalue weighted by Gasteiger charge is 2.32. The summed E-state index contributed by atoms with van der Waals surface area (Å²) in [7, 11) is 0. The second-order valence-electron chi connectivity index (χ2n) is 6.92. The first kappa shape index (κ1) is 15.0. The van der Waals surface area contributed by atoms with Crippen molar-refractivity contribution in [3.05, 3.63) is 59.0 Å². The Kier molecular flexibility index (Phi) is 4.16. The van der Waals surface area contributed by atoms with Gasteiger partial charge in [0.1, 0.15) is 0 Å². The van der Waals surface area contributed by atoms with E-state index < -0.39 is 0 Å². The SMILES string of the molecule is CC1(C)CNCCC1Cn1ccc(-c2ccccc2)cc1=O. The number of nitrogens with one attached hydrogen (secondary N) is 1. The van der Waals surface area contributed by atoms with Gasteiger partial charge in [-0.3, -0.25) is 4.79 Å². The number of hydrogen-bond acceptors (Lipinski definition) is 2. The van der Waals surface area contributed by atoms with Gasteiger partial charge in [0.15, 0.2) is 0 Å². The summed E-state index contributed by atoms with van der Waals surface area (Å²) >= 11 is 0. The van der Waals surface area contributed by atoms with E-state index in [9.17, 15) is 4.79 Å². The molecule has 1 aliphatic rings. The van der Waals surface area contributed by atoms with Crippen LogP contribution in [0.5, 0.6) is 0 Å². The molecule has 0 saturated carbocycles. The number of nitrogens with zero attached hydrogens (tertiary/aromatic N) is 1. The van der Waals surface area contributed by atoms with E-state index in [1.165, 1.54) is 0 Å². The zero-order valence-electron chi connectivity index (χ0n) is 13.4. The molecule has 3 rings (SSSR count). The molecule has 3 heteroatoms. The molecule has 0 aliphatic carbocycles. The van der Waals surface area contributed by atoms with Crippen LogP contribution in [0.15, 0.2) is 53.5 Å². The highest BCUT2D eigenvalue weighted by molar-refractivity contribution is 5.62. The van der Waals surface area contributed by atoms with Crippen LogP contribution in [0.25, 0.3) is 11.1 Å². The lowest BCUT2D eigenvalue weighted by molar-refractivity contribution is 0.136. The molecular weight excluding hydrogens is 272 g/mol. The Morgan fingerprint density at radius 1 is 1.18 bits per heavy atom. The molecule has 2 heterocycles. The second-order valence-corrected chi connectivity index (χ2v) is 6.92. The van der Waals surface area contributed by atoms with Gasteiger partial charge in [-0.25, -0.2) is 0 Å². The van der Waals surface area contributed by atoms with Crippen LogP contribution in [-0.4, -0.2) is 17.7 Å². The minimum Gasteiger partial charge on any atom is -0.316 e. The van der Waals surface area contributed by atoms with Crippen molar-refractivity contribution in [2.24, 2.45) is 11.3 Å². The summed E-state index contributed by atoms with van der Waals surface area (Å²) in [6.45, 7) is 7.45. The normalized spacial score (nSPS) is 20.7. The molecule has 1 N–H and O–H groups in total. The van der Waals surface area contributed by atoms with E-state index in [2.05, 4.69) is 19.2 Å². The Hall–Kier alpha value is -1.87. The first-order valence-electron chi connectivity index (χ1n) is 8.03. The zero-order valence-corrected chi connectivity index (χ0v) is 13.4. The highest BCUT2D eigenvalue weighted by Crippen LogP contribution is 2.32. The summed E-state index contributed by atoms with van der Waals surface area (Å²) in [4.78, 5) is 12.4. The largest absolute Gasteiger partial charge is 0.316 e. The number of pyridine rings is 1. The maximum absolute atomic E-state index is 12.4. The van der Waals surface area contributed by atoms with Gasteiger partial charge in [0.05, 0.1) is 0 Å². The Morgan fingerprint density at radius 3 is 2.64 bits per heavy atom. The predicted molar refractivity (Wildman–Crippen MR) is 90.9 cm³/mol. The van der Waals surface area contributed by atoms with Crippen LogP contribution in [0.3, 0.4) is 0 Å². The number of rotatable bonds is 3.